The molecule has 4 rings (SSSR count). The molecule has 0 aliphatic rings. The summed E-state index contributed by atoms with van der Waals surface area (Å²) in [4.78, 5) is 12.0. The van der Waals surface area contributed by atoms with Gasteiger partial charge in [-0.1, -0.05) is 36.4 Å². The van der Waals surface area contributed by atoms with Crippen LogP contribution in [0.1, 0.15) is 22.8 Å². The third-order valence-electron chi connectivity index (χ3n) is 4.76. The van der Waals surface area contributed by atoms with Gasteiger partial charge in [-0.2, -0.15) is 13.2 Å². The molecule has 161 valence electrons. The first-order chi connectivity index (χ1) is 15.4. The van der Waals surface area contributed by atoms with Crippen molar-refractivity contribution in [2.75, 3.05) is 6.61 Å². The number of alkyl halides is 3. The number of ether oxygens (including phenoxy) is 1. The standard InChI is InChI=1S/C23H16F3N4O2/c1-2-32-22(31)15-11-9-14(10-12-15)18-7-4-8-19(21-27-29-30-28-21)20(18)16-5-3-6-17(13-16)23(24,25)26/h3-7,9-13H,2H2,1H3,(H,27,28,29,30). The van der Waals surface area contributed by atoms with Gasteiger partial charge in [-0.3, -0.25) is 0 Å². The van der Waals surface area contributed by atoms with Gasteiger partial charge in [0.15, 0.2) is 5.82 Å². The van der Waals surface area contributed by atoms with E-state index < -0.39 is 17.7 Å². The second-order valence-electron chi connectivity index (χ2n) is 6.77. The van der Waals surface area contributed by atoms with Crippen LogP contribution in [-0.4, -0.2) is 33.2 Å². The average Bonchev–Trinajstić information content (AvgIpc) is 3.33. The smallest absolute Gasteiger partial charge is 0.416 e. The molecule has 0 aliphatic heterocycles. The lowest BCUT2D eigenvalue weighted by Crippen LogP contribution is -2.05. The van der Waals surface area contributed by atoms with E-state index in [0.717, 1.165) is 12.1 Å². The van der Waals surface area contributed by atoms with Crippen LogP contribution in [0.4, 0.5) is 13.2 Å². The summed E-state index contributed by atoms with van der Waals surface area (Å²) in [6.45, 7) is 1.97. The lowest BCUT2D eigenvalue weighted by Gasteiger charge is -2.16. The molecule has 0 fully saturated rings. The fraction of sp³-hybridized carbons (Fsp3) is 0.130. The lowest BCUT2D eigenvalue weighted by atomic mass is 9.89. The van der Waals surface area contributed by atoms with E-state index in [1.54, 1.807) is 49.4 Å². The third kappa shape index (κ3) is 4.22. The number of rotatable bonds is 5. The van der Waals surface area contributed by atoms with Crippen molar-refractivity contribution >= 4 is 5.97 Å². The molecule has 0 saturated heterocycles. The third-order valence-corrected chi connectivity index (χ3v) is 4.76. The monoisotopic (exact) mass is 437 g/mol. The van der Waals surface area contributed by atoms with E-state index in [1.165, 1.54) is 6.07 Å². The summed E-state index contributed by atoms with van der Waals surface area (Å²) in [5.74, 6) is -0.186. The van der Waals surface area contributed by atoms with Gasteiger partial charge in [-0.15, -0.1) is 5.10 Å². The topological polar surface area (TPSA) is 80.8 Å². The minimum atomic E-state index is -4.50. The van der Waals surface area contributed by atoms with Crippen molar-refractivity contribution in [3.63, 3.8) is 0 Å². The maximum absolute atomic E-state index is 13.4. The Morgan fingerprint density at radius 2 is 1.88 bits per heavy atom. The zero-order valence-electron chi connectivity index (χ0n) is 16.8. The average molecular weight is 437 g/mol. The number of halogens is 3. The highest BCUT2D eigenvalue weighted by atomic mass is 19.4. The fourth-order valence-electron chi connectivity index (χ4n) is 3.34. The fourth-order valence-corrected chi connectivity index (χ4v) is 3.34. The van der Waals surface area contributed by atoms with Crippen LogP contribution in [0.5, 0.6) is 0 Å². The maximum atomic E-state index is 13.4. The first kappa shape index (κ1) is 21.2. The van der Waals surface area contributed by atoms with Crippen LogP contribution in [0, 0.1) is 6.07 Å². The molecule has 0 spiro atoms. The van der Waals surface area contributed by atoms with Crippen molar-refractivity contribution in [1.82, 2.24) is 20.6 Å². The highest BCUT2D eigenvalue weighted by Crippen LogP contribution is 2.40. The van der Waals surface area contributed by atoms with Crippen LogP contribution in [0.2, 0.25) is 0 Å². The molecule has 4 aromatic rings. The van der Waals surface area contributed by atoms with Gasteiger partial charge in [0.05, 0.1) is 17.7 Å². The molecule has 3 aromatic carbocycles. The quantitative estimate of drug-likeness (QED) is 0.434. The summed E-state index contributed by atoms with van der Waals surface area (Å²) in [6, 6.07) is 18.1. The van der Waals surface area contributed by atoms with Gasteiger partial charge in [0, 0.05) is 11.1 Å². The van der Waals surface area contributed by atoms with Crippen LogP contribution >= 0.6 is 0 Å². The van der Waals surface area contributed by atoms with Crippen LogP contribution in [0.3, 0.4) is 0 Å². The Morgan fingerprint density at radius 1 is 1.09 bits per heavy atom. The van der Waals surface area contributed by atoms with Gasteiger partial charge in [0.25, 0.3) is 0 Å². The Kier molecular flexibility index (Phi) is 5.72. The Hall–Kier alpha value is -4.01. The predicted molar refractivity (Wildman–Crippen MR) is 110 cm³/mol. The molecule has 0 atom stereocenters. The molecule has 1 aromatic heterocycles. The number of esters is 1. The largest absolute Gasteiger partial charge is 0.462 e. The molecule has 0 unspecified atom stereocenters. The number of benzene rings is 3. The van der Waals surface area contributed by atoms with Crippen molar-refractivity contribution in [2.45, 2.75) is 13.1 Å². The number of hydrogen-bond acceptors (Lipinski definition) is 5. The van der Waals surface area contributed by atoms with Crippen molar-refractivity contribution in [3.8, 4) is 33.6 Å². The van der Waals surface area contributed by atoms with E-state index in [4.69, 9.17) is 4.74 Å². The second-order valence-corrected chi connectivity index (χ2v) is 6.77. The van der Waals surface area contributed by atoms with Crippen molar-refractivity contribution in [3.05, 3.63) is 77.9 Å². The molecule has 1 N–H and O–H groups in total. The molecule has 9 heteroatoms. The number of carbonyl (C=O) groups excluding carboxylic acids is 1. The predicted octanol–water partition coefficient (Wildman–Crippen LogP) is 5.20. The number of aromatic nitrogens is 4. The molecule has 0 bridgehead atoms. The number of nitrogens with zero attached hydrogens (tertiary/aromatic N) is 3. The van der Waals surface area contributed by atoms with Gasteiger partial charge in [-0.25, -0.2) is 9.89 Å². The van der Waals surface area contributed by atoms with E-state index in [0.29, 0.717) is 33.4 Å². The minimum absolute atomic E-state index is 0.253. The summed E-state index contributed by atoms with van der Waals surface area (Å²) in [5.41, 5.74) is 2.13. The van der Waals surface area contributed by atoms with E-state index >= 15 is 0 Å². The number of carbonyl (C=O) groups is 1. The molecule has 0 amide bonds. The van der Waals surface area contributed by atoms with Gasteiger partial charge in [0.1, 0.15) is 0 Å². The molecular weight excluding hydrogens is 421 g/mol. The minimum Gasteiger partial charge on any atom is -0.462 e. The molecule has 1 heterocycles. The summed E-state index contributed by atoms with van der Waals surface area (Å²) in [7, 11) is 0. The maximum Gasteiger partial charge on any atom is 0.416 e. The first-order valence-electron chi connectivity index (χ1n) is 9.62. The molecule has 0 aliphatic carbocycles. The van der Waals surface area contributed by atoms with E-state index in [2.05, 4.69) is 26.7 Å². The lowest BCUT2D eigenvalue weighted by molar-refractivity contribution is -0.137. The molecule has 32 heavy (non-hydrogen) atoms. The highest BCUT2D eigenvalue weighted by molar-refractivity contribution is 5.94. The van der Waals surface area contributed by atoms with Crippen LogP contribution in [0.15, 0.2) is 60.7 Å². The van der Waals surface area contributed by atoms with E-state index in [-0.39, 0.29) is 12.4 Å². The number of H-pyrrole nitrogens is 1. The zero-order chi connectivity index (χ0) is 22.7. The Bertz CT molecular complexity index is 1240. The number of hydrogen-bond donors (Lipinski definition) is 1. The molecular formula is C23H16F3N4O2. The van der Waals surface area contributed by atoms with Crippen LogP contribution < -0.4 is 0 Å². The van der Waals surface area contributed by atoms with Gasteiger partial charge >= 0.3 is 12.1 Å². The van der Waals surface area contributed by atoms with Crippen molar-refractivity contribution < 1.29 is 22.7 Å². The normalized spacial score (nSPS) is 11.4. The molecule has 0 saturated carbocycles. The van der Waals surface area contributed by atoms with E-state index in [1.807, 2.05) is 0 Å². The molecule has 1 radical (unpaired) electrons. The van der Waals surface area contributed by atoms with E-state index in [9.17, 15) is 18.0 Å². The van der Waals surface area contributed by atoms with Gasteiger partial charge in [-0.05, 0) is 64.4 Å². The van der Waals surface area contributed by atoms with Crippen molar-refractivity contribution in [2.24, 2.45) is 0 Å². The Balaban J connectivity index is 1.90. The first-order valence-corrected chi connectivity index (χ1v) is 9.62. The van der Waals surface area contributed by atoms with Crippen LogP contribution in [0.25, 0.3) is 33.6 Å². The number of tetrazole rings is 1. The van der Waals surface area contributed by atoms with Crippen LogP contribution in [-0.2, 0) is 10.9 Å². The molecule has 6 nitrogen and oxygen atoms in total. The Labute approximate surface area is 181 Å². The van der Waals surface area contributed by atoms with Gasteiger partial charge in [0.2, 0.25) is 0 Å². The van der Waals surface area contributed by atoms with Crippen molar-refractivity contribution in [1.29, 1.82) is 0 Å². The Morgan fingerprint density at radius 3 is 2.53 bits per heavy atom. The summed E-state index contributed by atoms with van der Waals surface area (Å²) >= 11 is 0. The summed E-state index contributed by atoms with van der Waals surface area (Å²) in [5, 5.41) is 13.7. The number of nitrogens with one attached hydrogen (secondary N) is 1. The second kappa shape index (κ2) is 8.62. The number of aromatic amines is 1. The SMILES string of the molecule is CCOC(=O)c1ccc(-c2cc[c]c(-c3nnn[nH]3)c2-c2cccc(C(F)(F)F)c2)cc1. The summed E-state index contributed by atoms with van der Waals surface area (Å²) in [6.07, 6.45) is -4.50. The summed E-state index contributed by atoms with van der Waals surface area (Å²) < 4.78 is 45.1. The zero-order valence-corrected chi connectivity index (χ0v) is 16.8. The van der Waals surface area contributed by atoms with Gasteiger partial charge < -0.3 is 4.74 Å². The highest BCUT2D eigenvalue weighted by Gasteiger charge is 2.31.